The Kier molecular flexibility index (Phi) is 6.60. The average molecular weight is 690 g/mol. The minimum Gasteiger partial charge on any atom is -0.310 e. The van der Waals surface area contributed by atoms with Crippen molar-refractivity contribution in [1.82, 2.24) is 9.97 Å². The highest BCUT2D eigenvalue weighted by atomic mass is 15.1. The van der Waals surface area contributed by atoms with Gasteiger partial charge in [0.15, 0.2) is 5.82 Å². The number of hydrogen-bond acceptors (Lipinski definition) is 3. The second-order valence-corrected chi connectivity index (χ2v) is 15.0. The quantitative estimate of drug-likeness (QED) is 0.180. The Morgan fingerprint density at radius 1 is 0.481 bits per heavy atom. The zero-order chi connectivity index (χ0) is 36.0. The standard InChI is InChI=1S/C51H35N3/c1-51(2)44-23-7-6-20-43(44)49-45(51)24-12-26-47(49)54(36-17-10-15-33(30-36)50-52-31-34-13-3-8-25-46(34)53-50)35-16-9-14-32(29-35)37-27-28-42-39-19-5-4-18-38(39)41-22-11-21-40(37)48(41)42/h3-31H,1-2H3. The van der Waals surface area contributed by atoms with Gasteiger partial charge in [-0.3, -0.25) is 0 Å². The van der Waals surface area contributed by atoms with Gasteiger partial charge in [-0.15, -0.1) is 0 Å². The van der Waals surface area contributed by atoms with Crippen molar-refractivity contribution >= 4 is 38.7 Å². The van der Waals surface area contributed by atoms with Crippen molar-refractivity contribution in [3.63, 3.8) is 0 Å². The van der Waals surface area contributed by atoms with Crippen molar-refractivity contribution < 1.29 is 0 Å². The maximum absolute atomic E-state index is 4.99. The van der Waals surface area contributed by atoms with E-state index >= 15 is 0 Å². The topological polar surface area (TPSA) is 29.0 Å². The van der Waals surface area contributed by atoms with Crippen LogP contribution in [0.4, 0.5) is 17.1 Å². The van der Waals surface area contributed by atoms with E-state index in [1.54, 1.807) is 0 Å². The number of rotatable bonds is 5. The molecular formula is C51H35N3. The molecule has 3 heteroatoms. The Labute approximate surface area is 314 Å². The van der Waals surface area contributed by atoms with Crippen molar-refractivity contribution in [1.29, 1.82) is 0 Å². The summed E-state index contributed by atoms with van der Waals surface area (Å²) < 4.78 is 0. The Morgan fingerprint density at radius 2 is 1.09 bits per heavy atom. The molecule has 0 N–H and O–H groups in total. The average Bonchev–Trinajstić information content (AvgIpc) is 3.68. The summed E-state index contributed by atoms with van der Waals surface area (Å²) in [4.78, 5) is 12.2. The molecule has 0 unspecified atom stereocenters. The molecule has 0 spiro atoms. The summed E-state index contributed by atoms with van der Waals surface area (Å²) in [6, 6.07) is 61.7. The molecule has 254 valence electrons. The molecule has 1 aromatic heterocycles. The van der Waals surface area contributed by atoms with Crippen molar-refractivity contribution in [2.45, 2.75) is 19.3 Å². The van der Waals surface area contributed by atoms with Gasteiger partial charge in [0.25, 0.3) is 0 Å². The summed E-state index contributed by atoms with van der Waals surface area (Å²) in [5, 5.41) is 3.64. The fourth-order valence-electron chi connectivity index (χ4n) is 9.12. The highest BCUT2D eigenvalue weighted by Crippen LogP contribution is 2.55. The molecule has 1 heterocycles. The van der Waals surface area contributed by atoms with Crippen LogP contribution < -0.4 is 4.90 Å². The van der Waals surface area contributed by atoms with Gasteiger partial charge in [0.05, 0.1) is 11.2 Å². The number of anilines is 3. The number of para-hydroxylation sites is 1. The van der Waals surface area contributed by atoms with Crippen molar-refractivity contribution in [3.8, 4) is 55.9 Å². The van der Waals surface area contributed by atoms with Crippen LogP contribution in [0.25, 0.3) is 77.6 Å². The maximum atomic E-state index is 4.99. The second kappa shape index (κ2) is 11.6. The molecule has 0 saturated carbocycles. The Bertz CT molecular complexity index is 2960. The Balaban J connectivity index is 1.12. The molecular weight excluding hydrogens is 655 g/mol. The lowest BCUT2D eigenvalue weighted by Crippen LogP contribution is -2.16. The third kappa shape index (κ3) is 4.48. The van der Waals surface area contributed by atoms with Crippen LogP contribution in [0.1, 0.15) is 25.0 Å². The predicted octanol–water partition coefficient (Wildman–Crippen LogP) is 13.5. The van der Waals surface area contributed by atoms with Crippen LogP contribution in [0.5, 0.6) is 0 Å². The smallest absolute Gasteiger partial charge is 0.159 e. The molecule has 0 fully saturated rings. The molecule has 0 saturated heterocycles. The zero-order valence-electron chi connectivity index (χ0n) is 30.1. The summed E-state index contributed by atoms with van der Waals surface area (Å²) in [6.45, 7) is 4.69. The van der Waals surface area contributed by atoms with Gasteiger partial charge in [0.2, 0.25) is 0 Å². The summed E-state index contributed by atoms with van der Waals surface area (Å²) in [6.07, 6.45) is 1.92. The van der Waals surface area contributed by atoms with Crippen LogP contribution >= 0.6 is 0 Å². The molecule has 2 aliphatic rings. The van der Waals surface area contributed by atoms with Gasteiger partial charge in [-0.1, -0.05) is 147 Å². The molecule has 54 heavy (non-hydrogen) atoms. The van der Waals surface area contributed by atoms with Gasteiger partial charge in [0.1, 0.15) is 0 Å². The summed E-state index contributed by atoms with van der Waals surface area (Å²) in [5.74, 6) is 0.711. The lowest BCUT2D eigenvalue weighted by molar-refractivity contribution is 0.660. The van der Waals surface area contributed by atoms with E-state index in [2.05, 4.69) is 170 Å². The first-order chi connectivity index (χ1) is 26.5. The van der Waals surface area contributed by atoms with Crippen LogP contribution in [0.15, 0.2) is 176 Å². The lowest BCUT2D eigenvalue weighted by atomic mass is 9.82. The SMILES string of the molecule is CC1(C)c2ccccc2-c2c(N(c3cccc(-c4ncc5ccccc5n4)c3)c3cccc(-c4ccc5c6c(cccc46)-c4ccccc4-5)c3)cccc21. The minimum atomic E-state index is -0.127. The fraction of sp³-hybridized carbons (Fsp3) is 0.0588. The van der Waals surface area contributed by atoms with Gasteiger partial charge in [-0.2, -0.15) is 0 Å². The van der Waals surface area contributed by atoms with E-state index in [-0.39, 0.29) is 5.41 Å². The van der Waals surface area contributed by atoms with Crippen molar-refractivity contribution in [2.75, 3.05) is 4.90 Å². The Morgan fingerprint density at radius 3 is 1.93 bits per heavy atom. The first kappa shape index (κ1) is 30.8. The number of hydrogen-bond donors (Lipinski definition) is 0. The molecule has 0 atom stereocenters. The number of fused-ring (bicyclic) bond motifs is 7. The van der Waals surface area contributed by atoms with E-state index in [1.165, 1.54) is 66.4 Å². The number of benzene rings is 8. The van der Waals surface area contributed by atoms with Crippen LogP contribution in [0, 0.1) is 0 Å². The summed E-state index contributed by atoms with van der Waals surface area (Å²) in [5.41, 5.74) is 18.0. The number of nitrogens with zero attached hydrogens (tertiary/aromatic N) is 3. The van der Waals surface area contributed by atoms with Gasteiger partial charge >= 0.3 is 0 Å². The second-order valence-electron chi connectivity index (χ2n) is 15.0. The third-order valence-corrected chi connectivity index (χ3v) is 11.6. The van der Waals surface area contributed by atoms with Gasteiger partial charge in [-0.05, 0) is 97.2 Å². The van der Waals surface area contributed by atoms with E-state index in [9.17, 15) is 0 Å². The first-order valence-corrected chi connectivity index (χ1v) is 18.7. The molecule has 11 rings (SSSR count). The molecule has 8 aromatic carbocycles. The van der Waals surface area contributed by atoms with Crippen LogP contribution in [0.2, 0.25) is 0 Å². The van der Waals surface area contributed by atoms with E-state index in [1.807, 2.05) is 24.4 Å². The van der Waals surface area contributed by atoms with Crippen molar-refractivity contribution in [2.24, 2.45) is 0 Å². The normalized spacial score (nSPS) is 13.1. The van der Waals surface area contributed by atoms with Gasteiger partial charge < -0.3 is 4.90 Å². The Hall–Kier alpha value is -6.84. The van der Waals surface area contributed by atoms with Crippen LogP contribution in [-0.4, -0.2) is 9.97 Å². The van der Waals surface area contributed by atoms with Gasteiger partial charge in [-0.25, -0.2) is 9.97 Å². The lowest BCUT2D eigenvalue weighted by Gasteiger charge is -2.29. The van der Waals surface area contributed by atoms with E-state index in [0.29, 0.717) is 5.82 Å². The molecule has 0 aliphatic heterocycles. The van der Waals surface area contributed by atoms with E-state index in [4.69, 9.17) is 9.97 Å². The fourth-order valence-corrected chi connectivity index (χ4v) is 9.12. The predicted molar refractivity (Wildman–Crippen MR) is 225 cm³/mol. The molecule has 0 amide bonds. The summed E-state index contributed by atoms with van der Waals surface area (Å²) >= 11 is 0. The van der Waals surface area contributed by atoms with Crippen LogP contribution in [0.3, 0.4) is 0 Å². The minimum absolute atomic E-state index is 0.127. The largest absolute Gasteiger partial charge is 0.310 e. The molecule has 0 radical (unpaired) electrons. The molecule has 0 bridgehead atoms. The number of aromatic nitrogens is 2. The molecule has 3 nitrogen and oxygen atoms in total. The zero-order valence-corrected chi connectivity index (χ0v) is 30.1. The maximum Gasteiger partial charge on any atom is 0.159 e. The molecule has 9 aromatic rings. The monoisotopic (exact) mass is 689 g/mol. The molecule has 2 aliphatic carbocycles. The van der Waals surface area contributed by atoms with Crippen molar-refractivity contribution in [3.05, 3.63) is 187 Å². The third-order valence-electron chi connectivity index (χ3n) is 11.6. The van der Waals surface area contributed by atoms with Gasteiger partial charge in [0, 0.05) is 39.5 Å². The first-order valence-electron chi connectivity index (χ1n) is 18.7. The summed E-state index contributed by atoms with van der Waals surface area (Å²) in [7, 11) is 0. The highest BCUT2D eigenvalue weighted by molar-refractivity contribution is 6.18. The van der Waals surface area contributed by atoms with Crippen LogP contribution in [-0.2, 0) is 5.41 Å². The highest BCUT2D eigenvalue weighted by Gasteiger charge is 2.37. The van der Waals surface area contributed by atoms with E-state index in [0.717, 1.165) is 33.5 Å². The van der Waals surface area contributed by atoms with E-state index < -0.39 is 0 Å².